The van der Waals surface area contributed by atoms with Crippen molar-refractivity contribution in [1.82, 2.24) is 0 Å². The van der Waals surface area contributed by atoms with Crippen molar-refractivity contribution in [3.05, 3.63) is 11.6 Å². The van der Waals surface area contributed by atoms with Crippen LogP contribution in [0.1, 0.15) is 99.3 Å². The molecule has 174 valence electrons. The summed E-state index contributed by atoms with van der Waals surface area (Å²) in [6.45, 7) is 12.8. The van der Waals surface area contributed by atoms with E-state index >= 15 is 0 Å². The number of hydrogen-bond acceptors (Lipinski definition) is 5. The van der Waals surface area contributed by atoms with Crippen LogP contribution >= 0.6 is 0 Å². The third-order valence-electron chi connectivity index (χ3n) is 8.81. The molecule has 2 saturated carbocycles. The van der Waals surface area contributed by atoms with Gasteiger partial charge in [-0.25, -0.2) is 9.68 Å². The van der Waals surface area contributed by atoms with E-state index in [4.69, 9.17) is 9.62 Å². The molecule has 0 saturated heterocycles. The Labute approximate surface area is 183 Å². The van der Waals surface area contributed by atoms with E-state index in [0.717, 1.165) is 19.3 Å². The minimum atomic E-state index is -0.773. The monoisotopic (exact) mass is 424 g/mol. The molecule has 5 atom stereocenters. The van der Waals surface area contributed by atoms with Crippen LogP contribution in [0.2, 0.25) is 0 Å². The fraction of sp³-hybridized carbons (Fsp3) is 0.880. The van der Waals surface area contributed by atoms with Gasteiger partial charge in [0.1, 0.15) is 5.60 Å². The first-order valence-electron chi connectivity index (χ1n) is 11.7. The predicted octanol–water partition coefficient (Wildman–Crippen LogP) is 5.91. The van der Waals surface area contributed by atoms with Crippen molar-refractivity contribution >= 4 is 5.97 Å². The van der Waals surface area contributed by atoms with Crippen molar-refractivity contribution < 1.29 is 24.8 Å². The maximum absolute atomic E-state index is 12.1. The molecule has 5 nitrogen and oxygen atoms in total. The molecule has 2 rings (SSSR count). The Morgan fingerprint density at radius 3 is 2.47 bits per heavy atom. The maximum Gasteiger partial charge on any atom is 0.333 e. The Morgan fingerprint density at radius 1 is 1.20 bits per heavy atom. The van der Waals surface area contributed by atoms with Crippen molar-refractivity contribution in [2.45, 2.75) is 111 Å². The highest BCUT2D eigenvalue weighted by Gasteiger charge is 2.61. The van der Waals surface area contributed by atoms with Gasteiger partial charge in [-0.1, -0.05) is 40.2 Å². The highest BCUT2D eigenvalue weighted by Crippen LogP contribution is 2.63. The Kier molecular flexibility index (Phi) is 7.86. The van der Waals surface area contributed by atoms with Crippen LogP contribution in [0.25, 0.3) is 0 Å². The van der Waals surface area contributed by atoms with Crippen LogP contribution in [0.3, 0.4) is 0 Å². The van der Waals surface area contributed by atoms with Crippen LogP contribution in [0.15, 0.2) is 11.6 Å². The van der Waals surface area contributed by atoms with Crippen LogP contribution in [0.4, 0.5) is 0 Å². The van der Waals surface area contributed by atoms with Gasteiger partial charge in [-0.05, 0) is 87.9 Å². The zero-order valence-electron chi connectivity index (χ0n) is 20.2. The zero-order chi connectivity index (χ0) is 22.8. The van der Waals surface area contributed by atoms with Gasteiger partial charge in [0, 0.05) is 5.57 Å². The number of allylic oxidation sites excluding steroid dienone is 1. The van der Waals surface area contributed by atoms with Crippen molar-refractivity contribution in [1.29, 1.82) is 0 Å². The molecule has 0 aromatic rings. The average molecular weight is 425 g/mol. The lowest BCUT2D eigenvalue weighted by Crippen LogP contribution is -2.62. The Morgan fingerprint density at radius 2 is 1.87 bits per heavy atom. The van der Waals surface area contributed by atoms with Gasteiger partial charge in [-0.15, -0.1) is 0 Å². The van der Waals surface area contributed by atoms with Gasteiger partial charge in [-0.3, -0.25) is 5.26 Å². The second-order valence-electron chi connectivity index (χ2n) is 11.2. The third-order valence-corrected chi connectivity index (χ3v) is 8.81. The van der Waals surface area contributed by atoms with Gasteiger partial charge in [0.25, 0.3) is 0 Å². The summed E-state index contributed by atoms with van der Waals surface area (Å²) >= 11 is 0. The standard InChI is InChI=1S/C25H44O5/c1-18(21(26)29-7)10-8-14-23(5,30-28)16-17-25(27)19(2)11-12-20-22(3,4)13-9-15-24(20,25)6/h10,19-20,27-28H,8-9,11-17H2,1-7H3/b18-10+/t19?,20?,23?,24-,25+/m0/s1. The highest BCUT2D eigenvalue weighted by molar-refractivity contribution is 5.87. The molecule has 0 spiro atoms. The van der Waals surface area contributed by atoms with Crippen LogP contribution in [-0.2, 0) is 14.4 Å². The van der Waals surface area contributed by atoms with Crippen LogP contribution in [0.5, 0.6) is 0 Å². The van der Waals surface area contributed by atoms with Gasteiger partial charge in [0.2, 0.25) is 0 Å². The molecule has 2 N–H and O–H groups in total. The third kappa shape index (κ3) is 4.78. The molecule has 0 amide bonds. The molecule has 0 radical (unpaired) electrons. The second-order valence-corrected chi connectivity index (χ2v) is 11.2. The zero-order valence-corrected chi connectivity index (χ0v) is 20.2. The van der Waals surface area contributed by atoms with Gasteiger partial charge in [0.15, 0.2) is 0 Å². The fourth-order valence-corrected chi connectivity index (χ4v) is 6.61. The summed E-state index contributed by atoms with van der Waals surface area (Å²) in [5.41, 5.74) is -0.865. The number of aliphatic hydroxyl groups is 1. The van der Waals surface area contributed by atoms with Crippen LogP contribution in [-0.4, -0.2) is 34.6 Å². The molecule has 0 heterocycles. The Hall–Kier alpha value is -0.910. The average Bonchev–Trinajstić information content (AvgIpc) is 2.69. The summed E-state index contributed by atoms with van der Waals surface area (Å²) in [5, 5.41) is 21.8. The lowest BCUT2D eigenvalue weighted by molar-refractivity contribution is -0.325. The quantitative estimate of drug-likeness (QED) is 0.219. The lowest BCUT2D eigenvalue weighted by atomic mass is 9.44. The topological polar surface area (TPSA) is 76.0 Å². The summed E-state index contributed by atoms with van der Waals surface area (Å²) in [6.07, 6.45) is 9.80. The van der Waals surface area contributed by atoms with Gasteiger partial charge in [-0.2, -0.15) is 0 Å². The van der Waals surface area contributed by atoms with Gasteiger partial charge in [0.05, 0.1) is 12.7 Å². The van der Waals surface area contributed by atoms with E-state index in [0.29, 0.717) is 37.2 Å². The van der Waals surface area contributed by atoms with Gasteiger partial charge >= 0.3 is 5.97 Å². The molecular formula is C25H44O5. The van der Waals surface area contributed by atoms with E-state index in [2.05, 4.69) is 27.7 Å². The maximum atomic E-state index is 12.1. The lowest BCUT2D eigenvalue weighted by Gasteiger charge is -2.63. The largest absolute Gasteiger partial charge is 0.466 e. The summed E-state index contributed by atoms with van der Waals surface area (Å²) < 4.78 is 4.73. The number of fused-ring (bicyclic) bond motifs is 1. The minimum absolute atomic E-state index is 0.121. The van der Waals surface area contributed by atoms with Crippen LogP contribution < -0.4 is 0 Å². The van der Waals surface area contributed by atoms with E-state index in [1.165, 1.54) is 20.0 Å². The summed E-state index contributed by atoms with van der Waals surface area (Å²) in [4.78, 5) is 16.5. The molecule has 0 aromatic carbocycles. The molecular weight excluding hydrogens is 380 g/mol. The van der Waals surface area contributed by atoms with E-state index in [1.807, 2.05) is 13.0 Å². The van der Waals surface area contributed by atoms with Gasteiger partial charge < -0.3 is 9.84 Å². The Bertz CT molecular complexity index is 641. The fourth-order valence-electron chi connectivity index (χ4n) is 6.61. The van der Waals surface area contributed by atoms with Crippen molar-refractivity contribution in [2.75, 3.05) is 7.11 Å². The normalized spacial score (nSPS) is 36.0. The number of hydrogen-bond donors (Lipinski definition) is 2. The van der Waals surface area contributed by atoms with E-state index in [9.17, 15) is 15.2 Å². The van der Waals surface area contributed by atoms with E-state index < -0.39 is 11.2 Å². The van der Waals surface area contributed by atoms with E-state index in [1.54, 1.807) is 6.92 Å². The number of methoxy groups -OCH3 is 1. The molecule has 3 unspecified atom stereocenters. The van der Waals surface area contributed by atoms with Crippen molar-refractivity contribution in [3.8, 4) is 0 Å². The smallest absolute Gasteiger partial charge is 0.333 e. The summed E-state index contributed by atoms with van der Waals surface area (Å²) in [7, 11) is 1.37. The predicted molar refractivity (Wildman–Crippen MR) is 119 cm³/mol. The number of rotatable bonds is 8. The molecule has 0 aliphatic heterocycles. The van der Waals surface area contributed by atoms with Crippen molar-refractivity contribution in [2.24, 2.45) is 22.7 Å². The number of carbonyl (C=O) groups excluding carboxylic acids is 1. The Balaban J connectivity index is 2.14. The van der Waals surface area contributed by atoms with Crippen molar-refractivity contribution in [3.63, 3.8) is 0 Å². The molecule has 0 aromatic heterocycles. The number of ether oxygens (including phenoxy) is 1. The summed E-state index contributed by atoms with van der Waals surface area (Å²) in [5.74, 6) is 0.384. The number of carbonyl (C=O) groups is 1. The van der Waals surface area contributed by atoms with E-state index in [-0.39, 0.29) is 22.7 Å². The molecule has 0 bridgehead atoms. The first-order chi connectivity index (χ1) is 13.8. The molecule has 5 heteroatoms. The van der Waals surface area contributed by atoms with Crippen LogP contribution in [0, 0.1) is 22.7 Å². The second kappa shape index (κ2) is 9.30. The first-order valence-corrected chi connectivity index (χ1v) is 11.7. The number of esters is 1. The first kappa shape index (κ1) is 25.4. The SMILES string of the molecule is COC(=O)/C(C)=C/CCC(C)(CC[C@@]1(O)C(C)CCC2C(C)(C)CCC[C@@]21C)OO. The highest BCUT2D eigenvalue weighted by atomic mass is 17.1. The summed E-state index contributed by atoms with van der Waals surface area (Å²) in [6, 6.07) is 0. The molecule has 2 aliphatic rings. The molecule has 30 heavy (non-hydrogen) atoms. The molecule has 2 aliphatic carbocycles. The molecule has 2 fully saturated rings. The minimum Gasteiger partial charge on any atom is -0.466 e.